The van der Waals surface area contributed by atoms with Crippen molar-refractivity contribution in [1.82, 2.24) is 5.32 Å². The molecule has 0 aliphatic rings. The second-order valence-electron chi connectivity index (χ2n) is 4.85. The number of nitrogens with one attached hydrogen (secondary N) is 1. The van der Waals surface area contributed by atoms with Gasteiger partial charge in [0, 0.05) is 28.6 Å². The van der Waals surface area contributed by atoms with Crippen LogP contribution in [0.3, 0.4) is 0 Å². The Hall–Kier alpha value is -0.180. The Morgan fingerprint density at radius 1 is 1.22 bits per heavy atom. The van der Waals surface area contributed by atoms with Crippen LogP contribution in [0.2, 0.25) is 5.02 Å². The first-order valence-corrected chi connectivity index (χ1v) is 8.14. The van der Waals surface area contributed by atoms with Crippen molar-refractivity contribution in [3.63, 3.8) is 0 Å². The molecule has 0 aliphatic carbocycles. The zero-order valence-electron chi connectivity index (χ0n) is 11.6. The van der Waals surface area contributed by atoms with Gasteiger partial charge in [-0.25, -0.2) is 0 Å². The summed E-state index contributed by atoms with van der Waals surface area (Å²) in [5.41, 5.74) is 1.35. The molecule has 0 heterocycles. The van der Waals surface area contributed by atoms with Crippen molar-refractivity contribution in [1.29, 1.82) is 0 Å². The van der Waals surface area contributed by atoms with Crippen LogP contribution in [0.4, 0.5) is 0 Å². The molecule has 1 aromatic rings. The third kappa shape index (κ3) is 6.67. The smallest absolute Gasteiger partial charge is 0.0406 e. The average molecular weight is 286 g/mol. The van der Waals surface area contributed by atoms with E-state index in [1.54, 1.807) is 0 Å². The Labute approximate surface area is 121 Å². The summed E-state index contributed by atoms with van der Waals surface area (Å²) in [7, 11) is 0. The molecule has 0 aliphatic heterocycles. The van der Waals surface area contributed by atoms with Gasteiger partial charge < -0.3 is 5.32 Å². The summed E-state index contributed by atoms with van der Waals surface area (Å²) in [5.74, 6) is 1.06. The van der Waals surface area contributed by atoms with Crippen molar-refractivity contribution in [2.24, 2.45) is 0 Å². The van der Waals surface area contributed by atoms with Crippen LogP contribution in [0.15, 0.2) is 24.3 Å². The molecule has 1 aromatic carbocycles. The summed E-state index contributed by atoms with van der Waals surface area (Å²) in [6.07, 6.45) is 2.51. The minimum absolute atomic E-state index is 0.633. The maximum Gasteiger partial charge on any atom is 0.0406 e. The predicted molar refractivity (Wildman–Crippen MR) is 84.6 cm³/mol. The van der Waals surface area contributed by atoms with Gasteiger partial charge in [0.1, 0.15) is 0 Å². The Balaban J connectivity index is 2.20. The van der Waals surface area contributed by atoms with Crippen LogP contribution in [-0.4, -0.2) is 17.8 Å². The molecule has 0 spiro atoms. The lowest BCUT2D eigenvalue weighted by molar-refractivity contribution is 0.511. The topological polar surface area (TPSA) is 12.0 Å². The van der Waals surface area contributed by atoms with Crippen LogP contribution in [-0.2, 0) is 5.75 Å². The van der Waals surface area contributed by atoms with E-state index in [0.29, 0.717) is 11.3 Å². The Morgan fingerprint density at radius 2 is 1.89 bits per heavy atom. The van der Waals surface area contributed by atoms with Crippen LogP contribution in [0.5, 0.6) is 0 Å². The van der Waals surface area contributed by atoms with Gasteiger partial charge in [-0.05, 0) is 31.0 Å². The fourth-order valence-electron chi connectivity index (χ4n) is 1.78. The molecule has 102 valence electrons. The van der Waals surface area contributed by atoms with E-state index < -0.39 is 0 Å². The van der Waals surface area contributed by atoms with E-state index in [1.165, 1.54) is 18.4 Å². The van der Waals surface area contributed by atoms with Gasteiger partial charge in [0.2, 0.25) is 0 Å². The fraction of sp³-hybridized carbons (Fsp3) is 0.600. The fourth-order valence-corrected chi connectivity index (χ4v) is 2.79. The summed E-state index contributed by atoms with van der Waals surface area (Å²) in [6.45, 7) is 7.86. The van der Waals surface area contributed by atoms with Crippen molar-refractivity contribution in [2.75, 3.05) is 6.54 Å². The molecule has 3 heteroatoms. The normalized spacial score (nSPS) is 14.4. The van der Waals surface area contributed by atoms with Crippen molar-refractivity contribution >= 4 is 23.4 Å². The van der Waals surface area contributed by atoms with Gasteiger partial charge >= 0.3 is 0 Å². The molecule has 0 amide bonds. The van der Waals surface area contributed by atoms with E-state index in [1.807, 2.05) is 23.9 Å². The van der Waals surface area contributed by atoms with Crippen molar-refractivity contribution in [2.45, 2.75) is 50.7 Å². The van der Waals surface area contributed by atoms with Gasteiger partial charge in [-0.1, -0.05) is 44.0 Å². The zero-order chi connectivity index (χ0) is 13.4. The highest BCUT2D eigenvalue weighted by molar-refractivity contribution is 7.99. The molecule has 1 nitrogen and oxygen atoms in total. The second kappa shape index (κ2) is 8.84. The summed E-state index contributed by atoms with van der Waals surface area (Å²) in [6, 6.07) is 8.77. The minimum Gasteiger partial charge on any atom is -0.313 e. The van der Waals surface area contributed by atoms with Crippen LogP contribution in [0, 0.1) is 0 Å². The van der Waals surface area contributed by atoms with Crippen LogP contribution >= 0.6 is 23.4 Å². The molecule has 2 atom stereocenters. The van der Waals surface area contributed by atoms with Crippen molar-refractivity contribution in [3.8, 4) is 0 Å². The third-order valence-corrected chi connectivity index (χ3v) is 4.41. The first-order valence-electron chi connectivity index (χ1n) is 6.71. The lowest BCUT2D eigenvalue weighted by Crippen LogP contribution is -2.31. The largest absolute Gasteiger partial charge is 0.313 e. The monoisotopic (exact) mass is 285 g/mol. The maximum atomic E-state index is 5.87. The molecule has 2 unspecified atom stereocenters. The van der Waals surface area contributed by atoms with E-state index in [-0.39, 0.29) is 0 Å². The van der Waals surface area contributed by atoms with Crippen LogP contribution in [0.1, 0.15) is 39.2 Å². The molecule has 0 aromatic heterocycles. The number of hydrogen-bond acceptors (Lipinski definition) is 2. The van der Waals surface area contributed by atoms with E-state index in [4.69, 9.17) is 11.6 Å². The maximum absolute atomic E-state index is 5.87. The number of thioether (sulfide) groups is 1. The zero-order valence-corrected chi connectivity index (χ0v) is 13.2. The number of hydrogen-bond donors (Lipinski definition) is 1. The molecule has 18 heavy (non-hydrogen) atoms. The van der Waals surface area contributed by atoms with Gasteiger partial charge in [-0.2, -0.15) is 11.8 Å². The molecule has 0 saturated heterocycles. The number of benzene rings is 1. The Morgan fingerprint density at radius 3 is 2.50 bits per heavy atom. The lowest BCUT2D eigenvalue weighted by Gasteiger charge is -2.17. The van der Waals surface area contributed by atoms with Crippen LogP contribution < -0.4 is 5.32 Å². The molecule has 0 radical (unpaired) electrons. The minimum atomic E-state index is 0.633. The standard InChI is InChI=1S/C15H24ClNS/c1-4-5-12(2)17-10-13(3)18-11-14-6-8-15(16)9-7-14/h6-9,12-13,17H,4-5,10-11H2,1-3H3. The highest BCUT2D eigenvalue weighted by Crippen LogP contribution is 2.19. The van der Waals surface area contributed by atoms with Crippen LogP contribution in [0.25, 0.3) is 0 Å². The molecule has 0 fully saturated rings. The van der Waals surface area contributed by atoms with Gasteiger partial charge in [0.25, 0.3) is 0 Å². The first-order chi connectivity index (χ1) is 8.61. The van der Waals surface area contributed by atoms with E-state index in [9.17, 15) is 0 Å². The summed E-state index contributed by atoms with van der Waals surface area (Å²) in [4.78, 5) is 0. The molecule has 1 rings (SSSR count). The third-order valence-electron chi connectivity index (χ3n) is 2.92. The van der Waals surface area contributed by atoms with Gasteiger partial charge in [0.15, 0.2) is 0 Å². The van der Waals surface area contributed by atoms with E-state index in [2.05, 4.69) is 38.2 Å². The van der Waals surface area contributed by atoms with Gasteiger partial charge in [0.05, 0.1) is 0 Å². The van der Waals surface area contributed by atoms with Crippen molar-refractivity contribution in [3.05, 3.63) is 34.9 Å². The number of halogens is 1. The first kappa shape index (κ1) is 15.9. The van der Waals surface area contributed by atoms with Crippen molar-refractivity contribution < 1.29 is 0 Å². The number of rotatable bonds is 8. The predicted octanol–water partition coefficient (Wildman–Crippen LogP) is 4.74. The summed E-state index contributed by atoms with van der Waals surface area (Å²) >= 11 is 7.86. The summed E-state index contributed by atoms with van der Waals surface area (Å²) < 4.78 is 0. The van der Waals surface area contributed by atoms with E-state index >= 15 is 0 Å². The highest BCUT2D eigenvalue weighted by atomic mass is 35.5. The highest BCUT2D eigenvalue weighted by Gasteiger charge is 2.05. The molecule has 1 N–H and O–H groups in total. The Bertz CT molecular complexity index is 326. The molecular formula is C15H24ClNS. The average Bonchev–Trinajstić information content (AvgIpc) is 2.36. The Kier molecular flexibility index (Phi) is 7.80. The van der Waals surface area contributed by atoms with Gasteiger partial charge in [-0.15, -0.1) is 0 Å². The SMILES string of the molecule is CCCC(C)NCC(C)SCc1ccc(Cl)cc1. The summed E-state index contributed by atoms with van der Waals surface area (Å²) in [5, 5.41) is 5.04. The molecule has 0 saturated carbocycles. The lowest BCUT2D eigenvalue weighted by atomic mass is 10.2. The van der Waals surface area contributed by atoms with E-state index in [0.717, 1.165) is 17.3 Å². The van der Waals surface area contributed by atoms with Gasteiger partial charge in [-0.3, -0.25) is 0 Å². The molecular weight excluding hydrogens is 262 g/mol. The molecule has 0 bridgehead atoms. The second-order valence-corrected chi connectivity index (χ2v) is 6.71. The quantitative estimate of drug-likeness (QED) is 0.740.